The predicted molar refractivity (Wildman–Crippen MR) is 65.5 cm³/mol. The Morgan fingerprint density at radius 3 is 2.71 bits per heavy atom. The average molecular weight is 228 g/mol. The van der Waals surface area contributed by atoms with Crippen LogP contribution in [-0.2, 0) is 0 Å². The van der Waals surface area contributed by atoms with Gasteiger partial charge in [-0.15, -0.1) is 0 Å². The fourth-order valence-electron chi connectivity index (χ4n) is 2.86. The van der Waals surface area contributed by atoms with Gasteiger partial charge < -0.3 is 10.2 Å². The molecule has 17 heavy (non-hydrogen) atoms. The summed E-state index contributed by atoms with van der Waals surface area (Å²) in [7, 11) is 0. The second kappa shape index (κ2) is 4.34. The van der Waals surface area contributed by atoms with Crippen molar-refractivity contribution in [3.63, 3.8) is 0 Å². The van der Waals surface area contributed by atoms with Crippen molar-refractivity contribution >= 4 is 5.82 Å². The number of nitriles is 1. The van der Waals surface area contributed by atoms with E-state index in [-0.39, 0.29) is 0 Å². The zero-order valence-electron chi connectivity index (χ0n) is 9.76. The monoisotopic (exact) mass is 228 g/mol. The summed E-state index contributed by atoms with van der Waals surface area (Å²) in [6.45, 7) is 3.64. The van der Waals surface area contributed by atoms with Crippen molar-refractivity contribution in [1.29, 1.82) is 5.26 Å². The first kappa shape index (κ1) is 10.5. The lowest BCUT2D eigenvalue weighted by Gasteiger charge is -2.45. The first-order chi connectivity index (χ1) is 8.35. The van der Waals surface area contributed by atoms with Crippen LogP contribution in [0, 0.1) is 17.2 Å². The van der Waals surface area contributed by atoms with Gasteiger partial charge in [0.15, 0.2) is 0 Å². The van der Waals surface area contributed by atoms with Gasteiger partial charge in [0, 0.05) is 18.8 Å². The third-order valence-electron chi connectivity index (χ3n) is 3.88. The SMILES string of the molecule is N#Cc1ccc(NC2CN3CCC2CC3)nc1. The van der Waals surface area contributed by atoms with Gasteiger partial charge >= 0.3 is 0 Å². The van der Waals surface area contributed by atoms with Crippen molar-refractivity contribution in [2.24, 2.45) is 5.92 Å². The van der Waals surface area contributed by atoms with Crippen molar-refractivity contribution in [2.45, 2.75) is 18.9 Å². The minimum absolute atomic E-state index is 0.526. The Morgan fingerprint density at radius 1 is 1.35 bits per heavy atom. The fraction of sp³-hybridized carbons (Fsp3) is 0.538. The molecular formula is C13H16N4. The van der Waals surface area contributed by atoms with Crippen molar-refractivity contribution in [3.8, 4) is 6.07 Å². The Morgan fingerprint density at radius 2 is 2.18 bits per heavy atom. The molecular weight excluding hydrogens is 212 g/mol. The van der Waals surface area contributed by atoms with E-state index in [0.717, 1.165) is 18.3 Å². The second-order valence-electron chi connectivity index (χ2n) is 4.93. The van der Waals surface area contributed by atoms with E-state index < -0.39 is 0 Å². The van der Waals surface area contributed by atoms with Crippen molar-refractivity contribution in [1.82, 2.24) is 9.88 Å². The highest BCUT2D eigenvalue weighted by atomic mass is 15.2. The maximum Gasteiger partial charge on any atom is 0.126 e. The second-order valence-corrected chi connectivity index (χ2v) is 4.93. The van der Waals surface area contributed by atoms with Crippen LogP contribution in [0.2, 0.25) is 0 Å². The lowest BCUT2D eigenvalue weighted by atomic mass is 9.84. The Kier molecular flexibility index (Phi) is 2.69. The highest BCUT2D eigenvalue weighted by molar-refractivity contribution is 5.40. The quantitative estimate of drug-likeness (QED) is 0.832. The number of nitrogens with zero attached hydrogens (tertiary/aromatic N) is 3. The summed E-state index contributed by atoms with van der Waals surface area (Å²) in [5.41, 5.74) is 0.615. The van der Waals surface area contributed by atoms with Crippen LogP contribution < -0.4 is 5.32 Å². The highest BCUT2D eigenvalue weighted by Crippen LogP contribution is 2.29. The number of nitrogens with one attached hydrogen (secondary N) is 1. The number of aromatic nitrogens is 1. The Balaban J connectivity index is 1.68. The van der Waals surface area contributed by atoms with Crippen LogP contribution in [0.3, 0.4) is 0 Å². The summed E-state index contributed by atoms with van der Waals surface area (Å²) >= 11 is 0. The molecule has 4 nitrogen and oxygen atoms in total. The summed E-state index contributed by atoms with van der Waals surface area (Å²) in [4.78, 5) is 6.79. The molecule has 3 saturated heterocycles. The molecule has 3 aliphatic heterocycles. The smallest absolute Gasteiger partial charge is 0.126 e. The molecule has 4 heteroatoms. The molecule has 0 radical (unpaired) electrons. The van der Waals surface area contributed by atoms with Crippen LogP contribution in [0.1, 0.15) is 18.4 Å². The number of rotatable bonds is 2. The molecule has 2 bridgehead atoms. The van der Waals surface area contributed by atoms with Gasteiger partial charge in [-0.1, -0.05) is 0 Å². The molecule has 1 atom stereocenters. The Hall–Kier alpha value is -1.60. The maximum absolute atomic E-state index is 8.72. The number of hydrogen-bond donors (Lipinski definition) is 1. The first-order valence-corrected chi connectivity index (χ1v) is 6.20. The molecule has 0 saturated carbocycles. The summed E-state index contributed by atoms with van der Waals surface area (Å²) in [6, 6.07) is 6.33. The predicted octanol–water partition coefficient (Wildman–Crippen LogP) is 1.46. The number of piperidine rings is 3. The summed E-state index contributed by atoms with van der Waals surface area (Å²) < 4.78 is 0. The van der Waals surface area contributed by atoms with Crippen LogP contribution in [0.5, 0.6) is 0 Å². The van der Waals surface area contributed by atoms with E-state index >= 15 is 0 Å². The van der Waals surface area contributed by atoms with Crippen LogP contribution in [-0.4, -0.2) is 35.6 Å². The zero-order chi connectivity index (χ0) is 11.7. The molecule has 1 N–H and O–H groups in total. The standard InChI is InChI=1S/C13H16N4/c14-7-10-1-2-13(15-8-10)16-12-9-17-5-3-11(12)4-6-17/h1-2,8,11-12H,3-6,9H2,(H,15,16). The topological polar surface area (TPSA) is 52.0 Å². The summed E-state index contributed by atoms with van der Waals surface area (Å²) in [5.74, 6) is 1.68. The van der Waals surface area contributed by atoms with Crippen LogP contribution >= 0.6 is 0 Å². The van der Waals surface area contributed by atoms with Gasteiger partial charge in [-0.05, 0) is 44.0 Å². The van der Waals surface area contributed by atoms with Crippen molar-refractivity contribution in [3.05, 3.63) is 23.9 Å². The molecule has 3 fully saturated rings. The molecule has 0 aliphatic carbocycles. The van der Waals surface area contributed by atoms with E-state index in [9.17, 15) is 0 Å². The Labute approximate surface area is 101 Å². The maximum atomic E-state index is 8.72. The minimum atomic E-state index is 0.526. The van der Waals surface area contributed by atoms with Crippen molar-refractivity contribution < 1.29 is 0 Å². The molecule has 4 rings (SSSR count). The highest BCUT2D eigenvalue weighted by Gasteiger charge is 2.33. The third-order valence-corrected chi connectivity index (χ3v) is 3.88. The van der Waals surface area contributed by atoms with E-state index in [1.54, 1.807) is 6.20 Å². The molecule has 1 aromatic heterocycles. The van der Waals surface area contributed by atoms with Gasteiger partial charge in [0.25, 0.3) is 0 Å². The molecule has 88 valence electrons. The number of hydrogen-bond acceptors (Lipinski definition) is 4. The van der Waals surface area contributed by atoms with Gasteiger partial charge in [-0.3, -0.25) is 0 Å². The van der Waals surface area contributed by atoms with Gasteiger partial charge in [0.1, 0.15) is 11.9 Å². The number of fused-ring (bicyclic) bond motifs is 3. The molecule has 1 aromatic rings. The van der Waals surface area contributed by atoms with E-state index in [4.69, 9.17) is 5.26 Å². The first-order valence-electron chi connectivity index (χ1n) is 6.20. The van der Waals surface area contributed by atoms with E-state index in [2.05, 4.69) is 21.3 Å². The number of anilines is 1. The lowest BCUT2D eigenvalue weighted by Crippen LogP contribution is -2.53. The zero-order valence-corrected chi connectivity index (χ0v) is 9.76. The Bertz CT molecular complexity index is 426. The van der Waals surface area contributed by atoms with Crippen LogP contribution in [0.25, 0.3) is 0 Å². The van der Waals surface area contributed by atoms with E-state index in [1.165, 1.54) is 25.9 Å². The van der Waals surface area contributed by atoms with Crippen LogP contribution in [0.15, 0.2) is 18.3 Å². The van der Waals surface area contributed by atoms with Gasteiger partial charge in [0.05, 0.1) is 5.56 Å². The third kappa shape index (κ3) is 2.11. The van der Waals surface area contributed by atoms with E-state index in [0.29, 0.717) is 11.6 Å². The molecule has 0 amide bonds. The molecule has 1 unspecified atom stereocenters. The van der Waals surface area contributed by atoms with Gasteiger partial charge in [-0.2, -0.15) is 5.26 Å². The lowest BCUT2D eigenvalue weighted by molar-refractivity contribution is 0.0974. The minimum Gasteiger partial charge on any atom is -0.366 e. The molecule has 0 aromatic carbocycles. The summed E-state index contributed by atoms with van der Waals surface area (Å²) in [6.07, 6.45) is 4.23. The van der Waals surface area contributed by atoms with Crippen LogP contribution in [0.4, 0.5) is 5.82 Å². The normalized spacial score (nSPS) is 30.9. The molecule has 0 spiro atoms. The molecule has 3 aliphatic rings. The van der Waals surface area contributed by atoms with E-state index in [1.807, 2.05) is 12.1 Å². The van der Waals surface area contributed by atoms with Crippen molar-refractivity contribution in [2.75, 3.05) is 25.0 Å². The van der Waals surface area contributed by atoms with Gasteiger partial charge in [0.2, 0.25) is 0 Å². The largest absolute Gasteiger partial charge is 0.366 e. The molecule has 4 heterocycles. The fourth-order valence-corrected chi connectivity index (χ4v) is 2.86. The number of pyridine rings is 1. The average Bonchev–Trinajstić information content (AvgIpc) is 2.41. The van der Waals surface area contributed by atoms with Gasteiger partial charge in [-0.25, -0.2) is 4.98 Å². The summed E-state index contributed by atoms with van der Waals surface area (Å²) in [5, 5.41) is 12.2.